The standard InChI is InChI=1S/C12H26N2O3/c1-4-10(5-2)11(15)8-13-9-12(16)14-6-7-17-3/h10-11,13,15H,4-9H2,1-3H3,(H,14,16). The Balaban J connectivity index is 3.58. The lowest BCUT2D eigenvalue weighted by molar-refractivity contribution is -0.120. The van der Waals surface area contributed by atoms with Gasteiger partial charge in [-0.1, -0.05) is 26.7 Å². The number of nitrogens with one attached hydrogen (secondary N) is 2. The van der Waals surface area contributed by atoms with Crippen molar-refractivity contribution in [3.8, 4) is 0 Å². The van der Waals surface area contributed by atoms with Crippen LogP contribution in [0.2, 0.25) is 0 Å². The van der Waals surface area contributed by atoms with Crippen molar-refractivity contribution in [2.24, 2.45) is 5.92 Å². The number of aliphatic hydroxyl groups is 1. The molecular weight excluding hydrogens is 220 g/mol. The van der Waals surface area contributed by atoms with Crippen molar-refractivity contribution in [3.63, 3.8) is 0 Å². The first-order valence-electron chi connectivity index (χ1n) is 6.30. The van der Waals surface area contributed by atoms with Crippen LogP contribution in [0.1, 0.15) is 26.7 Å². The Morgan fingerprint density at radius 1 is 1.35 bits per heavy atom. The van der Waals surface area contributed by atoms with Gasteiger partial charge in [-0.25, -0.2) is 0 Å². The van der Waals surface area contributed by atoms with E-state index in [1.165, 1.54) is 0 Å². The van der Waals surface area contributed by atoms with E-state index < -0.39 is 0 Å². The Hall–Kier alpha value is -0.650. The van der Waals surface area contributed by atoms with E-state index in [2.05, 4.69) is 24.5 Å². The third-order valence-corrected chi connectivity index (χ3v) is 2.86. The largest absolute Gasteiger partial charge is 0.392 e. The van der Waals surface area contributed by atoms with Crippen molar-refractivity contribution >= 4 is 5.91 Å². The summed E-state index contributed by atoms with van der Waals surface area (Å²) in [5.41, 5.74) is 0. The van der Waals surface area contributed by atoms with Crippen molar-refractivity contribution < 1.29 is 14.6 Å². The Morgan fingerprint density at radius 3 is 2.53 bits per heavy atom. The first-order valence-corrected chi connectivity index (χ1v) is 6.30. The van der Waals surface area contributed by atoms with Crippen LogP contribution < -0.4 is 10.6 Å². The average molecular weight is 246 g/mol. The van der Waals surface area contributed by atoms with Gasteiger partial charge in [-0.05, 0) is 5.92 Å². The van der Waals surface area contributed by atoms with E-state index in [1.54, 1.807) is 7.11 Å². The van der Waals surface area contributed by atoms with E-state index in [-0.39, 0.29) is 18.6 Å². The maximum absolute atomic E-state index is 11.3. The molecule has 0 aliphatic carbocycles. The van der Waals surface area contributed by atoms with Crippen LogP contribution in [0, 0.1) is 5.92 Å². The van der Waals surface area contributed by atoms with Crippen molar-refractivity contribution in [2.75, 3.05) is 33.4 Å². The Morgan fingerprint density at radius 2 is 2.00 bits per heavy atom. The highest BCUT2D eigenvalue weighted by Crippen LogP contribution is 2.11. The number of ether oxygens (including phenoxy) is 1. The number of amides is 1. The summed E-state index contributed by atoms with van der Waals surface area (Å²) < 4.78 is 4.82. The van der Waals surface area contributed by atoms with Crippen molar-refractivity contribution in [1.82, 2.24) is 10.6 Å². The van der Waals surface area contributed by atoms with Crippen LogP contribution in [0.3, 0.4) is 0 Å². The zero-order valence-electron chi connectivity index (χ0n) is 11.2. The van der Waals surface area contributed by atoms with Crippen LogP contribution in [0.4, 0.5) is 0 Å². The molecule has 0 aromatic rings. The van der Waals surface area contributed by atoms with Gasteiger partial charge >= 0.3 is 0 Å². The van der Waals surface area contributed by atoms with Crippen LogP contribution in [0.5, 0.6) is 0 Å². The molecule has 1 amide bonds. The number of carbonyl (C=O) groups excluding carboxylic acids is 1. The summed E-state index contributed by atoms with van der Waals surface area (Å²) >= 11 is 0. The van der Waals surface area contributed by atoms with Crippen LogP contribution in [-0.4, -0.2) is 50.5 Å². The normalized spacial score (nSPS) is 12.8. The van der Waals surface area contributed by atoms with E-state index >= 15 is 0 Å². The lowest BCUT2D eigenvalue weighted by Crippen LogP contribution is -2.40. The highest BCUT2D eigenvalue weighted by Gasteiger charge is 2.14. The first-order chi connectivity index (χ1) is 8.15. The number of hydrogen-bond donors (Lipinski definition) is 3. The molecule has 1 unspecified atom stereocenters. The molecule has 0 radical (unpaired) electrons. The average Bonchev–Trinajstić information content (AvgIpc) is 2.31. The highest BCUT2D eigenvalue weighted by molar-refractivity contribution is 5.77. The minimum absolute atomic E-state index is 0.0706. The number of hydrogen-bond acceptors (Lipinski definition) is 4. The summed E-state index contributed by atoms with van der Waals surface area (Å²) in [7, 11) is 1.59. The van der Waals surface area contributed by atoms with Gasteiger partial charge in [-0.15, -0.1) is 0 Å². The molecule has 17 heavy (non-hydrogen) atoms. The van der Waals surface area contributed by atoms with E-state index in [1.807, 2.05) is 0 Å². The summed E-state index contributed by atoms with van der Waals surface area (Å²) in [6.07, 6.45) is 1.54. The number of rotatable bonds is 10. The number of carbonyl (C=O) groups is 1. The third-order valence-electron chi connectivity index (χ3n) is 2.86. The minimum Gasteiger partial charge on any atom is -0.392 e. The maximum atomic E-state index is 11.3. The summed E-state index contributed by atoms with van der Waals surface area (Å²) in [6.45, 7) is 5.86. The van der Waals surface area contributed by atoms with Gasteiger partial charge in [0.15, 0.2) is 0 Å². The molecule has 5 nitrogen and oxygen atoms in total. The Kier molecular flexibility index (Phi) is 10.1. The van der Waals surface area contributed by atoms with E-state index in [0.29, 0.717) is 25.6 Å². The smallest absolute Gasteiger partial charge is 0.234 e. The van der Waals surface area contributed by atoms with E-state index in [0.717, 1.165) is 12.8 Å². The van der Waals surface area contributed by atoms with Crippen LogP contribution >= 0.6 is 0 Å². The molecule has 0 rings (SSSR count). The molecule has 0 saturated carbocycles. The van der Waals surface area contributed by atoms with Crippen molar-refractivity contribution in [1.29, 1.82) is 0 Å². The lowest BCUT2D eigenvalue weighted by Gasteiger charge is -2.20. The molecule has 102 valence electrons. The van der Waals surface area contributed by atoms with Gasteiger partial charge in [0, 0.05) is 20.2 Å². The second-order valence-electron chi connectivity index (χ2n) is 4.12. The molecule has 0 aliphatic rings. The maximum Gasteiger partial charge on any atom is 0.234 e. The molecule has 0 bridgehead atoms. The van der Waals surface area contributed by atoms with E-state index in [9.17, 15) is 9.90 Å². The van der Waals surface area contributed by atoms with Crippen LogP contribution in [0.25, 0.3) is 0 Å². The van der Waals surface area contributed by atoms with Crippen molar-refractivity contribution in [2.45, 2.75) is 32.8 Å². The lowest BCUT2D eigenvalue weighted by atomic mass is 9.97. The fourth-order valence-electron chi connectivity index (χ4n) is 1.69. The molecule has 0 spiro atoms. The molecule has 5 heteroatoms. The van der Waals surface area contributed by atoms with Gasteiger partial charge in [0.25, 0.3) is 0 Å². The Labute approximate surface area is 104 Å². The second-order valence-corrected chi connectivity index (χ2v) is 4.12. The third kappa shape index (κ3) is 8.12. The fourth-order valence-corrected chi connectivity index (χ4v) is 1.69. The second kappa shape index (κ2) is 10.5. The zero-order valence-corrected chi connectivity index (χ0v) is 11.2. The topological polar surface area (TPSA) is 70.6 Å². The summed E-state index contributed by atoms with van der Waals surface area (Å²) in [4.78, 5) is 11.3. The molecule has 1 atom stereocenters. The molecule has 0 saturated heterocycles. The van der Waals surface area contributed by atoms with Crippen LogP contribution in [-0.2, 0) is 9.53 Å². The quantitative estimate of drug-likeness (QED) is 0.479. The SMILES string of the molecule is CCC(CC)C(O)CNCC(=O)NCCOC. The first kappa shape index (κ1) is 16.4. The molecule has 0 heterocycles. The summed E-state index contributed by atoms with van der Waals surface area (Å²) in [5, 5.41) is 15.5. The predicted molar refractivity (Wildman–Crippen MR) is 67.8 cm³/mol. The highest BCUT2D eigenvalue weighted by atomic mass is 16.5. The van der Waals surface area contributed by atoms with Crippen LogP contribution in [0.15, 0.2) is 0 Å². The van der Waals surface area contributed by atoms with Crippen molar-refractivity contribution in [3.05, 3.63) is 0 Å². The molecule has 0 aromatic heterocycles. The predicted octanol–water partition coefficient (Wildman–Crippen LogP) is 0.136. The number of aliphatic hydroxyl groups excluding tert-OH is 1. The monoisotopic (exact) mass is 246 g/mol. The molecule has 3 N–H and O–H groups in total. The fraction of sp³-hybridized carbons (Fsp3) is 0.917. The van der Waals surface area contributed by atoms with E-state index in [4.69, 9.17) is 4.74 Å². The van der Waals surface area contributed by atoms with Gasteiger partial charge in [-0.3, -0.25) is 4.79 Å². The summed E-state index contributed by atoms with van der Waals surface area (Å²) in [6, 6.07) is 0. The summed E-state index contributed by atoms with van der Waals surface area (Å²) in [5.74, 6) is 0.234. The van der Waals surface area contributed by atoms with Gasteiger partial charge in [0.2, 0.25) is 5.91 Å². The van der Waals surface area contributed by atoms with Gasteiger partial charge in [0.1, 0.15) is 0 Å². The van der Waals surface area contributed by atoms with Gasteiger partial charge in [0.05, 0.1) is 19.3 Å². The molecule has 0 aliphatic heterocycles. The number of methoxy groups -OCH3 is 1. The molecular formula is C12H26N2O3. The molecule has 0 aromatic carbocycles. The minimum atomic E-state index is -0.378. The van der Waals surface area contributed by atoms with Gasteiger partial charge in [-0.2, -0.15) is 0 Å². The zero-order chi connectivity index (χ0) is 13.1. The Bertz CT molecular complexity index is 196. The molecule has 0 fully saturated rings. The van der Waals surface area contributed by atoms with Gasteiger partial charge < -0.3 is 20.5 Å².